The predicted octanol–water partition coefficient (Wildman–Crippen LogP) is 2.55. The van der Waals surface area contributed by atoms with Crippen LogP contribution in [-0.4, -0.2) is 58.9 Å². The molecular formula is C19H25N5OS. The minimum atomic E-state index is -0.0206. The number of nitrogens with zero attached hydrogens (tertiary/aromatic N) is 5. The Morgan fingerprint density at radius 2 is 1.92 bits per heavy atom. The second-order valence-electron chi connectivity index (χ2n) is 6.98. The fourth-order valence-electron chi connectivity index (χ4n) is 3.91. The van der Waals surface area contributed by atoms with E-state index in [1.54, 1.807) is 0 Å². The van der Waals surface area contributed by atoms with Crippen LogP contribution in [0.3, 0.4) is 0 Å². The molecule has 1 atom stereocenters. The van der Waals surface area contributed by atoms with Gasteiger partial charge in [-0.25, -0.2) is 4.98 Å². The number of rotatable bonds is 3. The second-order valence-corrected chi connectivity index (χ2v) is 7.71. The highest BCUT2D eigenvalue weighted by atomic mass is 32.1. The summed E-state index contributed by atoms with van der Waals surface area (Å²) in [5.41, 5.74) is 1.16. The molecule has 0 bridgehead atoms. The monoisotopic (exact) mass is 371 g/mol. The van der Waals surface area contributed by atoms with Crippen molar-refractivity contribution >= 4 is 28.3 Å². The van der Waals surface area contributed by atoms with Crippen molar-refractivity contribution in [2.75, 3.05) is 42.5 Å². The summed E-state index contributed by atoms with van der Waals surface area (Å²) in [7, 11) is 0. The third kappa shape index (κ3) is 3.53. The Bertz CT molecular complexity index is 749. The Balaban J connectivity index is 1.43. The molecule has 2 aromatic rings. The molecule has 1 unspecified atom stereocenters. The van der Waals surface area contributed by atoms with E-state index in [-0.39, 0.29) is 11.9 Å². The number of carbonyl (C=O) groups excluding carboxylic acids is 1. The normalized spacial score (nSPS) is 21.1. The molecule has 0 radical (unpaired) electrons. The Labute approximate surface area is 158 Å². The third-order valence-corrected chi connectivity index (χ3v) is 6.09. The summed E-state index contributed by atoms with van der Waals surface area (Å²) in [4.78, 5) is 24.3. The first-order valence-corrected chi connectivity index (χ1v) is 10.2. The van der Waals surface area contributed by atoms with E-state index in [2.05, 4.69) is 36.2 Å². The van der Waals surface area contributed by atoms with Gasteiger partial charge in [0.05, 0.1) is 0 Å². The van der Waals surface area contributed by atoms with Gasteiger partial charge < -0.3 is 14.7 Å². The highest BCUT2D eigenvalue weighted by Crippen LogP contribution is 2.27. The predicted molar refractivity (Wildman–Crippen MR) is 105 cm³/mol. The summed E-state index contributed by atoms with van der Waals surface area (Å²) >= 11 is 1.45. The average Bonchev–Trinajstić information content (AvgIpc) is 3.25. The van der Waals surface area contributed by atoms with Gasteiger partial charge in [0, 0.05) is 49.9 Å². The quantitative estimate of drug-likeness (QED) is 0.830. The third-order valence-electron chi connectivity index (χ3n) is 5.22. The molecule has 2 aliphatic rings. The molecule has 0 saturated carbocycles. The summed E-state index contributed by atoms with van der Waals surface area (Å²) in [5, 5.41) is 0.976. The van der Waals surface area contributed by atoms with Crippen molar-refractivity contribution in [2.45, 2.75) is 32.2 Å². The fraction of sp³-hybridized carbons (Fsp3) is 0.526. The van der Waals surface area contributed by atoms with Crippen molar-refractivity contribution in [1.29, 1.82) is 0 Å². The van der Waals surface area contributed by atoms with Crippen molar-refractivity contribution in [3.63, 3.8) is 0 Å². The summed E-state index contributed by atoms with van der Waals surface area (Å²) in [6.45, 7) is 6.24. The van der Waals surface area contributed by atoms with Crippen molar-refractivity contribution < 1.29 is 4.79 Å². The Hall–Kier alpha value is -2.15. The number of benzene rings is 1. The summed E-state index contributed by atoms with van der Waals surface area (Å²) < 4.78 is 4.28. The lowest BCUT2D eigenvalue weighted by Gasteiger charge is -2.31. The van der Waals surface area contributed by atoms with Gasteiger partial charge in [-0.1, -0.05) is 18.2 Å². The molecule has 1 amide bonds. The van der Waals surface area contributed by atoms with Gasteiger partial charge >= 0.3 is 0 Å². The topological polar surface area (TPSA) is 52.6 Å². The highest BCUT2D eigenvalue weighted by Gasteiger charge is 2.34. The summed E-state index contributed by atoms with van der Waals surface area (Å²) in [6, 6.07) is 10.3. The molecule has 3 heterocycles. The van der Waals surface area contributed by atoms with Crippen LogP contribution in [0.15, 0.2) is 30.3 Å². The number of aromatic nitrogens is 2. The van der Waals surface area contributed by atoms with Gasteiger partial charge in [0.2, 0.25) is 11.0 Å². The second kappa shape index (κ2) is 7.61. The fourth-order valence-corrected chi connectivity index (χ4v) is 4.63. The zero-order chi connectivity index (χ0) is 17.9. The molecule has 2 aliphatic heterocycles. The van der Waals surface area contributed by atoms with E-state index in [4.69, 9.17) is 0 Å². The Morgan fingerprint density at radius 3 is 2.69 bits per heavy atom. The SMILES string of the molecule is Cc1nsc(N2CCCN(C(=O)C3CCCN3c3ccccc3)CC2)n1. The summed E-state index contributed by atoms with van der Waals surface area (Å²) in [5.74, 6) is 1.10. The van der Waals surface area contributed by atoms with Gasteiger partial charge in [-0.2, -0.15) is 4.37 Å². The molecule has 0 N–H and O–H groups in total. The van der Waals surface area contributed by atoms with Crippen LogP contribution in [0.4, 0.5) is 10.8 Å². The van der Waals surface area contributed by atoms with E-state index < -0.39 is 0 Å². The molecule has 6 nitrogen and oxygen atoms in total. The van der Waals surface area contributed by atoms with Crippen molar-refractivity contribution in [3.05, 3.63) is 36.2 Å². The summed E-state index contributed by atoms with van der Waals surface area (Å²) in [6.07, 6.45) is 3.00. The van der Waals surface area contributed by atoms with Crippen LogP contribution in [0, 0.1) is 6.92 Å². The van der Waals surface area contributed by atoms with E-state index in [9.17, 15) is 4.79 Å². The van der Waals surface area contributed by atoms with Gasteiger partial charge in [0.1, 0.15) is 11.9 Å². The van der Waals surface area contributed by atoms with Gasteiger partial charge in [0.15, 0.2) is 0 Å². The van der Waals surface area contributed by atoms with Gasteiger partial charge in [-0.15, -0.1) is 0 Å². The van der Waals surface area contributed by atoms with E-state index in [1.807, 2.05) is 25.1 Å². The van der Waals surface area contributed by atoms with Gasteiger partial charge in [-0.05, 0) is 38.3 Å². The van der Waals surface area contributed by atoms with E-state index in [0.29, 0.717) is 0 Å². The molecule has 1 aromatic carbocycles. The maximum Gasteiger partial charge on any atom is 0.245 e. The van der Waals surface area contributed by atoms with Crippen molar-refractivity contribution in [3.8, 4) is 0 Å². The first-order valence-electron chi connectivity index (χ1n) is 9.38. The molecule has 4 rings (SSSR count). The maximum atomic E-state index is 13.2. The van der Waals surface area contributed by atoms with Crippen molar-refractivity contribution in [2.24, 2.45) is 0 Å². The van der Waals surface area contributed by atoms with Crippen LogP contribution in [0.25, 0.3) is 0 Å². The Kier molecular flexibility index (Phi) is 5.06. The molecule has 1 aromatic heterocycles. The molecule has 7 heteroatoms. The van der Waals surface area contributed by atoms with Gasteiger partial charge in [0.25, 0.3) is 0 Å². The molecule has 2 saturated heterocycles. The van der Waals surface area contributed by atoms with Crippen LogP contribution < -0.4 is 9.80 Å². The Morgan fingerprint density at radius 1 is 1.08 bits per heavy atom. The van der Waals surface area contributed by atoms with E-state index in [1.165, 1.54) is 11.5 Å². The van der Waals surface area contributed by atoms with Crippen molar-refractivity contribution in [1.82, 2.24) is 14.3 Å². The lowest BCUT2D eigenvalue weighted by atomic mass is 10.1. The number of aryl methyl sites for hydroxylation is 1. The first kappa shape index (κ1) is 17.3. The van der Waals surface area contributed by atoms with Crippen LogP contribution in [-0.2, 0) is 4.79 Å². The standard InChI is InChI=1S/C19H25N5OS/c1-15-20-19(26-21-15)23-11-6-10-22(13-14-23)18(25)17-9-5-12-24(17)16-7-3-2-4-8-16/h2-4,7-8,17H,5-6,9-14H2,1H3. The first-order chi connectivity index (χ1) is 12.7. The minimum absolute atomic E-state index is 0.0206. The lowest BCUT2D eigenvalue weighted by Crippen LogP contribution is -2.47. The molecule has 26 heavy (non-hydrogen) atoms. The highest BCUT2D eigenvalue weighted by molar-refractivity contribution is 7.09. The molecule has 0 spiro atoms. The number of para-hydroxylation sites is 1. The van der Waals surface area contributed by atoms with Crippen LogP contribution in [0.1, 0.15) is 25.1 Å². The van der Waals surface area contributed by atoms with Crippen LogP contribution >= 0.6 is 11.5 Å². The van der Waals surface area contributed by atoms with Crippen LogP contribution in [0.5, 0.6) is 0 Å². The zero-order valence-corrected chi connectivity index (χ0v) is 16.0. The molecule has 2 fully saturated rings. The number of hydrogen-bond acceptors (Lipinski definition) is 6. The lowest BCUT2D eigenvalue weighted by molar-refractivity contribution is -0.132. The van der Waals surface area contributed by atoms with E-state index >= 15 is 0 Å². The maximum absolute atomic E-state index is 13.2. The molecule has 138 valence electrons. The number of anilines is 2. The molecule has 0 aliphatic carbocycles. The van der Waals surface area contributed by atoms with Crippen LogP contribution in [0.2, 0.25) is 0 Å². The molecular weight excluding hydrogens is 346 g/mol. The largest absolute Gasteiger partial charge is 0.360 e. The van der Waals surface area contributed by atoms with E-state index in [0.717, 1.165) is 68.6 Å². The average molecular weight is 372 g/mol. The number of carbonyl (C=O) groups is 1. The smallest absolute Gasteiger partial charge is 0.245 e. The number of amides is 1. The minimum Gasteiger partial charge on any atom is -0.360 e. The van der Waals surface area contributed by atoms with Gasteiger partial charge in [-0.3, -0.25) is 4.79 Å². The zero-order valence-electron chi connectivity index (χ0n) is 15.2. The number of hydrogen-bond donors (Lipinski definition) is 0.